The predicted molar refractivity (Wildman–Crippen MR) is 82.7 cm³/mol. The van der Waals surface area contributed by atoms with Gasteiger partial charge in [-0.2, -0.15) is 4.98 Å². The van der Waals surface area contributed by atoms with Crippen LogP contribution in [0.3, 0.4) is 0 Å². The molecule has 1 unspecified atom stereocenters. The minimum atomic E-state index is -0.186. The fourth-order valence-electron chi connectivity index (χ4n) is 3.15. The van der Waals surface area contributed by atoms with Gasteiger partial charge in [-0.15, -0.1) is 0 Å². The lowest BCUT2D eigenvalue weighted by atomic mass is 10.0. The number of piperidine rings is 1. The zero-order chi connectivity index (χ0) is 16.4. The number of likely N-dealkylation sites (tertiary alicyclic amines) is 2. The van der Waals surface area contributed by atoms with E-state index < -0.39 is 0 Å². The van der Waals surface area contributed by atoms with Crippen molar-refractivity contribution in [1.29, 1.82) is 0 Å². The largest absolute Gasteiger partial charge is 0.474 e. The van der Waals surface area contributed by atoms with Gasteiger partial charge >= 0.3 is 0 Å². The smallest absolute Gasteiger partial charge is 0.227 e. The highest BCUT2D eigenvalue weighted by molar-refractivity contribution is 5.89. The van der Waals surface area contributed by atoms with Gasteiger partial charge in [-0.1, -0.05) is 0 Å². The van der Waals surface area contributed by atoms with E-state index in [0.717, 1.165) is 12.8 Å². The first-order chi connectivity index (χ1) is 11.0. The summed E-state index contributed by atoms with van der Waals surface area (Å²) in [6.07, 6.45) is 3.66. The van der Waals surface area contributed by atoms with E-state index in [0.29, 0.717) is 37.8 Å². The number of ether oxygens (including phenoxy) is 1. The van der Waals surface area contributed by atoms with E-state index in [1.165, 1.54) is 0 Å². The molecule has 7 nitrogen and oxygen atoms in total. The van der Waals surface area contributed by atoms with Crippen molar-refractivity contribution >= 4 is 11.8 Å². The van der Waals surface area contributed by atoms with E-state index in [4.69, 9.17) is 4.74 Å². The van der Waals surface area contributed by atoms with Crippen LogP contribution in [0.25, 0.3) is 0 Å². The van der Waals surface area contributed by atoms with Crippen molar-refractivity contribution in [3.63, 3.8) is 0 Å². The van der Waals surface area contributed by atoms with Gasteiger partial charge in [0.15, 0.2) is 0 Å². The molecule has 0 bridgehead atoms. The Hall–Kier alpha value is -2.18. The van der Waals surface area contributed by atoms with Crippen molar-refractivity contribution in [2.24, 2.45) is 5.92 Å². The molecule has 0 saturated carbocycles. The Morgan fingerprint density at radius 2 is 2.09 bits per heavy atom. The second-order valence-corrected chi connectivity index (χ2v) is 6.26. The molecular formula is C16H22N4O3. The molecule has 2 fully saturated rings. The van der Waals surface area contributed by atoms with E-state index in [1.807, 2.05) is 11.8 Å². The average Bonchev–Trinajstić information content (AvgIpc) is 2.87. The van der Waals surface area contributed by atoms with Crippen molar-refractivity contribution in [1.82, 2.24) is 19.8 Å². The number of aromatic nitrogens is 2. The van der Waals surface area contributed by atoms with Crippen LogP contribution in [0.5, 0.6) is 5.88 Å². The minimum Gasteiger partial charge on any atom is -0.474 e. The number of hydrogen-bond acceptors (Lipinski definition) is 5. The summed E-state index contributed by atoms with van der Waals surface area (Å²) in [5.74, 6) is 1.24. The lowest BCUT2D eigenvalue weighted by Gasteiger charge is -2.33. The Labute approximate surface area is 135 Å². The average molecular weight is 318 g/mol. The Morgan fingerprint density at radius 3 is 2.70 bits per heavy atom. The van der Waals surface area contributed by atoms with Crippen LogP contribution in [0.1, 0.15) is 25.1 Å². The molecule has 1 aromatic heterocycles. The van der Waals surface area contributed by atoms with Crippen molar-refractivity contribution in [3.8, 4) is 5.88 Å². The zero-order valence-electron chi connectivity index (χ0n) is 13.6. The van der Waals surface area contributed by atoms with Gasteiger partial charge in [0.2, 0.25) is 17.7 Å². The van der Waals surface area contributed by atoms with E-state index >= 15 is 0 Å². The van der Waals surface area contributed by atoms with Gasteiger partial charge in [0.25, 0.3) is 0 Å². The second-order valence-electron chi connectivity index (χ2n) is 6.26. The van der Waals surface area contributed by atoms with Crippen LogP contribution in [-0.2, 0) is 9.59 Å². The molecular weight excluding hydrogens is 296 g/mol. The van der Waals surface area contributed by atoms with Crippen LogP contribution in [0.15, 0.2) is 12.3 Å². The molecule has 2 amide bonds. The lowest BCUT2D eigenvalue weighted by molar-refractivity contribution is -0.137. The van der Waals surface area contributed by atoms with E-state index in [2.05, 4.69) is 9.97 Å². The summed E-state index contributed by atoms with van der Waals surface area (Å²) in [5, 5.41) is 0. The molecule has 124 valence electrons. The van der Waals surface area contributed by atoms with Crippen LogP contribution in [-0.4, -0.2) is 64.4 Å². The maximum Gasteiger partial charge on any atom is 0.227 e. The number of rotatable bonds is 3. The summed E-state index contributed by atoms with van der Waals surface area (Å²) in [5.41, 5.74) is 0. The van der Waals surface area contributed by atoms with Gasteiger partial charge in [-0.05, 0) is 6.92 Å². The lowest BCUT2D eigenvalue weighted by Crippen LogP contribution is -2.44. The summed E-state index contributed by atoms with van der Waals surface area (Å²) in [6, 6.07) is 1.75. The minimum absolute atomic E-state index is 0.0562. The molecule has 0 radical (unpaired) electrons. The van der Waals surface area contributed by atoms with Crippen LogP contribution in [0, 0.1) is 12.8 Å². The predicted octanol–water partition coefficient (Wildman–Crippen LogP) is 0.633. The third-order valence-corrected chi connectivity index (χ3v) is 4.48. The van der Waals surface area contributed by atoms with Gasteiger partial charge in [-0.3, -0.25) is 9.59 Å². The van der Waals surface area contributed by atoms with Crippen LogP contribution < -0.4 is 4.74 Å². The molecule has 3 heterocycles. The van der Waals surface area contributed by atoms with Crippen LogP contribution in [0.4, 0.5) is 0 Å². The Kier molecular flexibility index (Phi) is 4.45. The molecule has 2 aliphatic rings. The maximum absolute atomic E-state index is 12.5. The molecule has 0 aliphatic carbocycles. The second kappa shape index (κ2) is 6.52. The van der Waals surface area contributed by atoms with E-state index in [1.54, 1.807) is 24.2 Å². The van der Waals surface area contributed by atoms with Crippen molar-refractivity contribution < 1.29 is 14.3 Å². The number of carbonyl (C=O) groups is 2. The highest BCUT2D eigenvalue weighted by Crippen LogP contribution is 2.22. The zero-order valence-corrected chi connectivity index (χ0v) is 13.6. The Bertz CT molecular complexity index is 599. The van der Waals surface area contributed by atoms with Crippen LogP contribution >= 0.6 is 0 Å². The fourth-order valence-corrected chi connectivity index (χ4v) is 3.15. The third kappa shape index (κ3) is 3.60. The summed E-state index contributed by atoms with van der Waals surface area (Å²) < 4.78 is 5.87. The molecule has 3 rings (SSSR count). The molecule has 2 saturated heterocycles. The first-order valence-electron chi connectivity index (χ1n) is 8.02. The summed E-state index contributed by atoms with van der Waals surface area (Å²) in [6.45, 7) is 3.70. The molecule has 1 aromatic rings. The van der Waals surface area contributed by atoms with Crippen LogP contribution in [0.2, 0.25) is 0 Å². The molecule has 7 heteroatoms. The summed E-state index contributed by atoms with van der Waals surface area (Å²) in [4.78, 5) is 35.9. The first kappa shape index (κ1) is 15.7. The van der Waals surface area contributed by atoms with Gasteiger partial charge in [0, 0.05) is 58.2 Å². The maximum atomic E-state index is 12.5. The third-order valence-electron chi connectivity index (χ3n) is 4.48. The quantitative estimate of drug-likeness (QED) is 0.817. The molecule has 1 atom stereocenters. The molecule has 0 spiro atoms. The van der Waals surface area contributed by atoms with Gasteiger partial charge < -0.3 is 14.5 Å². The molecule has 0 aromatic carbocycles. The van der Waals surface area contributed by atoms with Crippen molar-refractivity contribution in [2.75, 3.05) is 26.7 Å². The highest BCUT2D eigenvalue weighted by Gasteiger charge is 2.36. The first-order valence-corrected chi connectivity index (χ1v) is 8.02. The van der Waals surface area contributed by atoms with E-state index in [9.17, 15) is 9.59 Å². The summed E-state index contributed by atoms with van der Waals surface area (Å²) >= 11 is 0. The molecule has 0 N–H and O–H groups in total. The Morgan fingerprint density at radius 1 is 1.35 bits per heavy atom. The van der Waals surface area contributed by atoms with Gasteiger partial charge in [0.1, 0.15) is 11.9 Å². The highest BCUT2D eigenvalue weighted by atomic mass is 16.5. The van der Waals surface area contributed by atoms with E-state index in [-0.39, 0.29) is 23.8 Å². The summed E-state index contributed by atoms with van der Waals surface area (Å²) in [7, 11) is 1.75. The van der Waals surface area contributed by atoms with Gasteiger partial charge in [0.05, 0.1) is 5.92 Å². The van der Waals surface area contributed by atoms with Crippen molar-refractivity contribution in [3.05, 3.63) is 18.1 Å². The van der Waals surface area contributed by atoms with Crippen molar-refractivity contribution in [2.45, 2.75) is 32.3 Å². The number of aryl methyl sites for hydroxylation is 1. The standard InChI is InChI=1S/C16H22N4O3/c1-11-17-6-3-14(18-11)23-13-4-7-20(8-5-13)16(22)12-9-15(21)19(2)10-12/h3,6,12-13H,4-5,7-10H2,1-2H3. The monoisotopic (exact) mass is 318 g/mol. The number of nitrogens with zero attached hydrogens (tertiary/aromatic N) is 4. The molecule has 2 aliphatic heterocycles. The fraction of sp³-hybridized carbons (Fsp3) is 0.625. The number of carbonyl (C=O) groups excluding carboxylic acids is 2. The number of amides is 2. The van der Waals surface area contributed by atoms with Gasteiger partial charge in [-0.25, -0.2) is 4.98 Å². The topological polar surface area (TPSA) is 75.6 Å². The molecule has 23 heavy (non-hydrogen) atoms. The number of hydrogen-bond donors (Lipinski definition) is 0. The SMILES string of the molecule is Cc1nccc(OC2CCN(C(=O)C3CC(=O)N(C)C3)CC2)n1. The normalized spacial score (nSPS) is 22.5. The Balaban J connectivity index is 1.50.